The second kappa shape index (κ2) is 9.07. The van der Waals surface area contributed by atoms with Crippen molar-refractivity contribution in [2.24, 2.45) is 5.92 Å². The van der Waals surface area contributed by atoms with Crippen LogP contribution in [0.25, 0.3) is 0 Å². The summed E-state index contributed by atoms with van der Waals surface area (Å²) >= 11 is 0. The molecular formula is C21H25N3O3. The minimum absolute atomic E-state index is 0.0311. The van der Waals surface area contributed by atoms with E-state index in [1.807, 2.05) is 36.7 Å². The van der Waals surface area contributed by atoms with E-state index in [9.17, 15) is 4.79 Å². The maximum Gasteiger partial charge on any atom is 0.304 e. The molecule has 1 saturated heterocycles. The topological polar surface area (TPSA) is 65.9 Å². The van der Waals surface area contributed by atoms with E-state index in [1.165, 1.54) is 11.4 Å². The lowest BCUT2D eigenvalue weighted by Crippen LogP contribution is -2.46. The summed E-state index contributed by atoms with van der Waals surface area (Å²) in [6, 6.07) is 12.1. The minimum Gasteiger partial charge on any atom is -0.493 e. The lowest BCUT2D eigenvalue weighted by molar-refractivity contribution is -0.137. The molecule has 1 aliphatic rings. The molecule has 0 radical (unpaired) electrons. The number of ether oxygens (including phenoxy) is 1. The predicted molar refractivity (Wildman–Crippen MR) is 107 cm³/mol. The molecule has 0 amide bonds. The van der Waals surface area contributed by atoms with Crippen LogP contribution < -0.4 is 14.5 Å². The van der Waals surface area contributed by atoms with Crippen LogP contribution in [-0.4, -0.2) is 48.8 Å². The summed E-state index contributed by atoms with van der Waals surface area (Å²) in [6.07, 6.45) is 5.32. The van der Waals surface area contributed by atoms with Crippen molar-refractivity contribution >= 4 is 17.3 Å². The highest BCUT2D eigenvalue weighted by molar-refractivity contribution is 5.67. The molecule has 1 atom stereocenters. The largest absolute Gasteiger partial charge is 0.493 e. The van der Waals surface area contributed by atoms with Gasteiger partial charge in [-0.1, -0.05) is 6.08 Å². The lowest BCUT2D eigenvalue weighted by atomic mass is 10.1. The van der Waals surface area contributed by atoms with Crippen molar-refractivity contribution < 1.29 is 14.6 Å². The molecule has 6 heteroatoms. The molecule has 2 aromatic rings. The zero-order valence-electron chi connectivity index (χ0n) is 15.3. The molecule has 2 heterocycles. The summed E-state index contributed by atoms with van der Waals surface area (Å²) in [5.74, 6) is -0.292. The number of benzene rings is 1. The highest BCUT2D eigenvalue weighted by Gasteiger charge is 2.17. The Bertz CT molecular complexity index is 741. The molecule has 1 fully saturated rings. The van der Waals surface area contributed by atoms with E-state index in [-0.39, 0.29) is 12.3 Å². The van der Waals surface area contributed by atoms with E-state index < -0.39 is 5.97 Å². The van der Waals surface area contributed by atoms with E-state index in [2.05, 4.69) is 33.5 Å². The molecule has 0 bridgehead atoms. The highest BCUT2D eigenvalue weighted by Crippen LogP contribution is 2.23. The van der Waals surface area contributed by atoms with Gasteiger partial charge in [0.25, 0.3) is 0 Å². The maximum atomic E-state index is 10.8. The van der Waals surface area contributed by atoms with E-state index in [1.54, 1.807) is 6.08 Å². The standard InChI is InChI=1S/C21H25N3O3/c1-2-17(15-21(25)26)16-27-20-5-3-18(4-6-20)23-11-13-24(14-12-23)19-7-9-22-10-8-19/h2-10,17H,1,11-16H2,(H,25,26). The summed E-state index contributed by atoms with van der Waals surface area (Å²) in [6.45, 7) is 7.85. The SMILES string of the molecule is C=CC(COc1ccc(N2CCN(c3ccncc3)CC2)cc1)CC(=O)O. The van der Waals surface area contributed by atoms with Crippen molar-refractivity contribution in [3.8, 4) is 5.75 Å². The van der Waals surface area contributed by atoms with Crippen LogP contribution in [0, 0.1) is 5.92 Å². The van der Waals surface area contributed by atoms with E-state index >= 15 is 0 Å². The van der Waals surface area contributed by atoms with E-state index in [4.69, 9.17) is 9.84 Å². The monoisotopic (exact) mass is 367 g/mol. The lowest BCUT2D eigenvalue weighted by Gasteiger charge is -2.37. The third kappa shape index (κ3) is 5.23. The molecule has 1 N–H and O–H groups in total. The van der Waals surface area contributed by atoms with Crippen LogP contribution in [0.15, 0.2) is 61.4 Å². The maximum absolute atomic E-state index is 10.8. The number of piperazine rings is 1. The molecule has 0 aliphatic carbocycles. The molecule has 1 aromatic heterocycles. The minimum atomic E-state index is -0.843. The molecule has 0 spiro atoms. The van der Waals surface area contributed by atoms with Gasteiger partial charge in [0.2, 0.25) is 0 Å². The van der Waals surface area contributed by atoms with Crippen molar-refractivity contribution in [3.05, 3.63) is 61.4 Å². The highest BCUT2D eigenvalue weighted by atomic mass is 16.5. The molecule has 1 unspecified atom stereocenters. The average molecular weight is 367 g/mol. The van der Waals surface area contributed by atoms with Crippen molar-refractivity contribution in [1.82, 2.24) is 4.98 Å². The van der Waals surface area contributed by atoms with Gasteiger partial charge in [-0.25, -0.2) is 0 Å². The number of carboxylic acid groups (broad SMARTS) is 1. The first-order chi connectivity index (χ1) is 13.2. The zero-order valence-corrected chi connectivity index (χ0v) is 15.3. The first-order valence-electron chi connectivity index (χ1n) is 9.13. The van der Waals surface area contributed by atoms with Gasteiger partial charge in [-0.3, -0.25) is 9.78 Å². The average Bonchev–Trinajstić information content (AvgIpc) is 2.72. The molecule has 1 aromatic carbocycles. The van der Waals surface area contributed by atoms with Gasteiger partial charge in [0.05, 0.1) is 13.0 Å². The van der Waals surface area contributed by atoms with Gasteiger partial charge in [-0.05, 0) is 36.4 Å². The quantitative estimate of drug-likeness (QED) is 0.724. The molecule has 3 rings (SSSR count). The molecule has 6 nitrogen and oxygen atoms in total. The third-order valence-corrected chi connectivity index (χ3v) is 4.74. The Morgan fingerprint density at radius 3 is 2.15 bits per heavy atom. The van der Waals surface area contributed by atoms with Crippen molar-refractivity contribution in [3.63, 3.8) is 0 Å². The van der Waals surface area contributed by atoms with Gasteiger partial charge < -0.3 is 19.6 Å². The fourth-order valence-electron chi connectivity index (χ4n) is 3.17. The number of aromatic nitrogens is 1. The summed E-state index contributed by atoms with van der Waals surface area (Å²) in [5, 5.41) is 8.87. The van der Waals surface area contributed by atoms with E-state index in [0.29, 0.717) is 6.61 Å². The molecule has 142 valence electrons. The fraction of sp³-hybridized carbons (Fsp3) is 0.333. The van der Waals surface area contributed by atoms with Crippen LogP contribution in [0.4, 0.5) is 11.4 Å². The normalized spacial score (nSPS) is 15.3. The molecule has 1 aliphatic heterocycles. The number of carboxylic acids is 1. The van der Waals surface area contributed by atoms with Gasteiger partial charge >= 0.3 is 5.97 Å². The van der Waals surface area contributed by atoms with Gasteiger partial charge in [-0.2, -0.15) is 0 Å². The van der Waals surface area contributed by atoms with Gasteiger partial charge in [0.1, 0.15) is 5.75 Å². The number of anilines is 2. The van der Waals surface area contributed by atoms with Gasteiger partial charge in [0.15, 0.2) is 0 Å². The first kappa shape index (κ1) is 18.8. The van der Waals surface area contributed by atoms with Crippen molar-refractivity contribution in [2.45, 2.75) is 6.42 Å². The van der Waals surface area contributed by atoms with Crippen LogP contribution in [0.3, 0.4) is 0 Å². The van der Waals surface area contributed by atoms with Crippen molar-refractivity contribution in [2.75, 3.05) is 42.6 Å². The zero-order chi connectivity index (χ0) is 19.1. The fourth-order valence-corrected chi connectivity index (χ4v) is 3.17. The number of nitrogens with zero attached hydrogens (tertiary/aromatic N) is 3. The molecule has 27 heavy (non-hydrogen) atoms. The number of pyridine rings is 1. The number of rotatable bonds is 8. The Morgan fingerprint density at radius 2 is 1.63 bits per heavy atom. The van der Waals surface area contributed by atoms with Crippen LogP contribution in [0.2, 0.25) is 0 Å². The number of hydrogen-bond donors (Lipinski definition) is 1. The third-order valence-electron chi connectivity index (χ3n) is 4.74. The van der Waals surface area contributed by atoms with E-state index in [0.717, 1.165) is 31.9 Å². The van der Waals surface area contributed by atoms with Crippen molar-refractivity contribution in [1.29, 1.82) is 0 Å². The summed E-state index contributed by atoms with van der Waals surface area (Å²) in [4.78, 5) is 19.6. The summed E-state index contributed by atoms with van der Waals surface area (Å²) in [5.41, 5.74) is 2.38. The van der Waals surface area contributed by atoms with Crippen LogP contribution in [-0.2, 0) is 4.79 Å². The second-order valence-electron chi connectivity index (χ2n) is 6.58. The smallest absolute Gasteiger partial charge is 0.304 e. The van der Waals surface area contributed by atoms with Crippen LogP contribution in [0.1, 0.15) is 6.42 Å². The predicted octanol–water partition coefficient (Wildman–Crippen LogP) is 3.06. The Morgan fingerprint density at radius 1 is 1.07 bits per heavy atom. The Kier molecular flexibility index (Phi) is 6.30. The summed E-state index contributed by atoms with van der Waals surface area (Å²) < 4.78 is 5.71. The Hall–Kier alpha value is -3.02. The summed E-state index contributed by atoms with van der Waals surface area (Å²) in [7, 11) is 0. The van der Waals surface area contributed by atoms with Crippen LogP contribution >= 0.6 is 0 Å². The van der Waals surface area contributed by atoms with Gasteiger partial charge in [-0.15, -0.1) is 6.58 Å². The molecular weight excluding hydrogens is 342 g/mol. The Balaban J connectivity index is 1.51. The first-order valence-corrected chi connectivity index (χ1v) is 9.13. The number of aliphatic carboxylic acids is 1. The van der Waals surface area contributed by atoms with Crippen LogP contribution in [0.5, 0.6) is 5.75 Å². The number of carbonyl (C=O) groups is 1. The number of hydrogen-bond acceptors (Lipinski definition) is 5. The Labute approximate surface area is 159 Å². The van der Waals surface area contributed by atoms with Gasteiger partial charge in [0, 0.05) is 55.9 Å². The molecule has 0 saturated carbocycles. The second-order valence-corrected chi connectivity index (χ2v) is 6.58.